The molecule has 1 aromatic heterocycles. The van der Waals surface area contributed by atoms with Gasteiger partial charge in [-0.3, -0.25) is 9.59 Å². The van der Waals surface area contributed by atoms with Crippen LogP contribution in [-0.2, 0) is 0 Å². The summed E-state index contributed by atoms with van der Waals surface area (Å²) >= 11 is 0. The molecular weight excluding hydrogens is 319 g/mol. The second-order valence-electron chi connectivity index (χ2n) is 6.27. The second-order valence-corrected chi connectivity index (χ2v) is 6.27. The van der Waals surface area contributed by atoms with Gasteiger partial charge in [0.05, 0.1) is 0 Å². The molecule has 2 aromatic rings. The van der Waals surface area contributed by atoms with Crippen LogP contribution in [-0.4, -0.2) is 37.9 Å². The fourth-order valence-electron chi connectivity index (χ4n) is 2.49. The van der Waals surface area contributed by atoms with E-state index >= 15 is 0 Å². The lowest BCUT2D eigenvalue weighted by molar-refractivity contribution is 0.0952. The van der Waals surface area contributed by atoms with E-state index in [1.807, 2.05) is 7.85 Å². The van der Waals surface area contributed by atoms with Gasteiger partial charge in [0.15, 0.2) is 5.69 Å². The Hall–Kier alpha value is -2.61. The Kier molecular flexibility index (Phi) is 5.18. The minimum Gasteiger partial charge on any atom is -0.360 e. The highest BCUT2D eigenvalue weighted by molar-refractivity contribution is 6.37. The smallest absolute Gasteiger partial charge is 0.277 e. The number of carbonyl (C=O) groups is 2. The van der Waals surface area contributed by atoms with E-state index in [0.29, 0.717) is 30.3 Å². The van der Waals surface area contributed by atoms with Gasteiger partial charge in [0.2, 0.25) is 0 Å². The van der Waals surface area contributed by atoms with Crippen LogP contribution in [0.1, 0.15) is 51.8 Å². The number of aromatic nitrogens is 1. The monoisotopic (exact) mass is 340 g/mol. The lowest BCUT2D eigenvalue weighted by Gasteiger charge is -2.10. The van der Waals surface area contributed by atoms with Crippen LogP contribution in [0, 0.1) is 0 Å². The van der Waals surface area contributed by atoms with Gasteiger partial charge in [-0.2, -0.15) is 0 Å². The molecule has 4 N–H and O–H groups in total. The van der Waals surface area contributed by atoms with Crippen LogP contribution < -0.4 is 21.8 Å². The van der Waals surface area contributed by atoms with Crippen LogP contribution in [0.15, 0.2) is 28.8 Å². The molecule has 1 aliphatic rings. The lowest BCUT2D eigenvalue weighted by atomic mass is 9.91. The van der Waals surface area contributed by atoms with E-state index in [2.05, 4.69) is 15.8 Å². The fourth-order valence-corrected chi connectivity index (χ4v) is 2.49. The van der Waals surface area contributed by atoms with Crippen molar-refractivity contribution < 1.29 is 14.1 Å². The first-order valence-corrected chi connectivity index (χ1v) is 8.45. The van der Waals surface area contributed by atoms with Crippen molar-refractivity contribution in [2.24, 2.45) is 5.73 Å². The highest BCUT2D eigenvalue weighted by Gasteiger charge is 2.29. The van der Waals surface area contributed by atoms with E-state index in [1.165, 1.54) is 0 Å². The number of hydrogen-bond acceptors (Lipinski definition) is 5. The fraction of sp³-hybridized carbons (Fsp3) is 0.353. The molecule has 130 valence electrons. The van der Waals surface area contributed by atoms with Crippen molar-refractivity contribution in [1.82, 2.24) is 10.5 Å². The summed E-state index contributed by atoms with van der Waals surface area (Å²) in [6.45, 7) is 1.08. The van der Waals surface area contributed by atoms with Crippen LogP contribution in [0.2, 0.25) is 0 Å². The van der Waals surface area contributed by atoms with Crippen LogP contribution in [0.5, 0.6) is 0 Å². The molecule has 0 saturated heterocycles. The van der Waals surface area contributed by atoms with E-state index in [0.717, 1.165) is 30.5 Å². The largest absolute Gasteiger partial charge is 0.360 e. The topological polar surface area (TPSA) is 110 Å². The third-order valence-corrected chi connectivity index (χ3v) is 4.14. The number of benzene rings is 1. The Labute approximate surface area is 146 Å². The molecule has 1 fully saturated rings. The zero-order valence-corrected chi connectivity index (χ0v) is 14.2. The Balaban J connectivity index is 1.63. The third-order valence-electron chi connectivity index (χ3n) is 4.14. The molecular formula is C17H21BN4O3. The molecule has 1 saturated carbocycles. The van der Waals surface area contributed by atoms with Crippen molar-refractivity contribution in [2.75, 3.05) is 18.4 Å². The van der Waals surface area contributed by atoms with Gasteiger partial charge in [0.1, 0.15) is 13.6 Å². The number of carbonyl (C=O) groups excluding carboxylic acids is 2. The normalized spacial score (nSPS) is 13.5. The Morgan fingerprint density at radius 1 is 1.28 bits per heavy atom. The molecule has 3 rings (SSSR count). The maximum absolute atomic E-state index is 12.3. The minimum absolute atomic E-state index is 0.153. The van der Waals surface area contributed by atoms with Gasteiger partial charge in [-0.05, 0) is 37.9 Å². The highest BCUT2D eigenvalue weighted by Crippen LogP contribution is 2.40. The second kappa shape index (κ2) is 7.52. The molecule has 0 spiro atoms. The van der Waals surface area contributed by atoms with Gasteiger partial charge in [-0.25, -0.2) is 0 Å². The van der Waals surface area contributed by atoms with Crippen LogP contribution in [0.25, 0.3) is 0 Å². The number of anilines is 1. The van der Waals surface area contributed by atoms with Gasteiger partial charge in [-0.1, -0.05) is 16.7 Å². The molecule has 25 heavy (non-hydrogen) atoms. The average molecular weight is 340 g/mol. The van der Waals surface area contributed by atoms with Gasteiger partial charge in [0, 0.05) is 29.8 Å². The molecule has 8 heteroatoms. The van der Waals surface area contributed by atoms with Crippen LogP contribution in [0.3, 0.4) is 0 Å². The highest BCUT2D eigenvalue weighted by atomic mass is 16.5. The zero-order chi connectivity index (χ0) is 17.8. The molecule has 2 amide bonds. The molecule has 1 heterocycles. The van der Waals surface area contributed by atoms with Crippen molar-refractivity contribution in [3.63, 3.8) is 0 Å². The van der Waals surface area contributed by atoms with Gasteiger partial charge in [-0.15, -0.1) is 0 Å². The first-order chi connectivity index (χ1) is 12.1. The van der Waals surface area contributed by atoms with Crippen LogP contribution in [0.4, 0.5) is 5.69 Å². The van der Waals surface area contributed by atoms with Gasteiger partial charge < -0.3 is 20.9 Å². The SMILES string of the molecule is Bc1cc(C(=O)NCCCN)ccc1NC(=O)c1cc(C2CC2)on1. The van der Waals surface area contributed by atoms with E-state index in [-0.39, 0.29) is 17.5 Å². The van der Waals surface area contributed by atoms with Crippen molar-refractivity contribution in [2.45, 2.75) is 25.2 Å². The van der Waals surface area contributed by atoms with Gasteiger partial charge in [0.25, 0.3) is 11.8 Å². The number of hydrogen-bond donors (Lipinski definition) is 3. The lowest BCUT2D eigenvalue weighted by Crippen LogP contribution is -2.27. The van der Waals surface area contributed by atoms with Crippen molar-refractivity contribution >= 4 is 30.8 Å². The predicted octanol–water partition coefficient (Wildman–Crippen LogP) is 0.141. The van der Waals surface area contributed by atoms with Crippen molar-refractivity contribution in [1.29, 1.82) is 0 Å². The predicted molar refractivity (Wildman–Crippen MR) is 97.1 cm³/mol. The van der Waals surface area contributed by atoms with E-state index in [4.69, 9.17) is 10.3 Å². The standard InChI is InChI=1S/C17H21BN4O3/c18-12-8-11(16(23)20-7-1-6-19)4-5-13(12)21-17(24)14-9-15(25-22-14)10-2-3-10/h4-5,8-10H,1-3,6-7,18-19H2,(H,20,23)(H,21,24). The van der Waals surface area contributed by atoms with Gasteiger partial charge >= 0.3 is 0 Å². The zero-order valence-electron chi connectivity index (χ0n) is 14.2. The van der Waals surface area contributed by atoms with E-state index in [1.54, 1.807) is 24.3 Å². The quantitative estimate of drug-likeness (QED) is 0.491. The Morgan fingerprint density at radius 2 is 2.08 bits per heavy atom. The average Bonchev–Trinajstić information content (AvgIpc) is 3.33. The Bertz CT molecular complexity index is 786. The first kappa shape index (κ1) is 17.2. The summed E-state index contributed by atoms with van der Waals surface area (Å²) in [4.78, 5) is 24.3. The number of rotatable bonds is 7. The Morgan fingerprint density at radius 3 is 2.76 bits per heavy atom. The maximum atomic E-state index is 12.3. The summed E-state index contributed by atoms with van der Waals surface area (Å²) in [6, 6.07) is 6.83. The molecule has 1 aliphatic carbocycles. The molecule has 0 aliphatic heterocycles. The van der Waals surface area contributed by atoms with E-state index < -0.39 is 0 Å². The minimum atomic E-state index is -0.320. The number of amides is 2. The molecule has 0 atom stereocenters. The number of nitrogens with zero attached hydrogens (tertiary/aromatic N) is 1. The first-order valence-electron chi connectivity index (χ1n) is 8.45. The molecule has 0 unspecified atom stereocenters. The number of nitrogens with two attached hydrogens (primary N) is 1. The molecule has 0 bridgehead atoms. The van der Waals surface area contributed by atoms with Crippen LogP contribution >= 0.6 is 0 Å². The summed E-state index contributed by atoms with van der Waals surface area (Å²) in [6.07, 6.45) is 2.91. The summed E-state index contributed by atoms with van der Waals surface area (Å²) in [7, 11) is 1.84. The van der Waals surface area contributed by atoms with E-state index in [9.17, 15) is 9.59 Å². The molecule has 0 radical (unpaired) electrons. The maximum Gasteiger partial charge on any atom is 0.277 e. The summed E-state index contributed by atoms with van der Waals surface area (Å²) < 4.78 is 5.20. The molecule has 1 aromatic carbocycles. The third kappa shape index (κ3) is 4.27. The van der Waals surface area contributed by atoms with Crippen molar-refractivity contribution in [3.05, 3.63) is 41.3 Å². The summed E-state index contributed by atoms with van der Waals surface area (Å²) in [5, 5.41) is 9.44. The summed E-state index contributed by atoms with van der Waals surface area (Å²) in [5.74, 6) is 0.707. The van der Waals surface area contributed by atoms with Crippen molar-refractivity contribution in [3.8, 4) is 0 Å². The number of nitrogens with one attached hydrogen (secondary N) is 2. The summed E-state index contributed by atoms with van der Waals surface area (Å²) in [5.41, 5.74) is 7.66. The molecule has 7 nitrogen and oxygen atoms in total.